The summed E-state index contributed by atoms with van der Waals surface area (Å²) in [4.78, 5) is 24.9. The Morgan fingerprint density at radius 3 is 1.75 bits per heavy atom. The number of amides is 2. The SMILES string of the molecule is C.C.C.C/C=C/C(=O)N1C[C@@H](C)C[C@H]1C(=O)NC.CC.CC.CC. The third-order valence-corrected chi connectivity index (χ3v) is 2.65. The van der Waals surface area contributed by atoms with Crippen molar-refractivity contribution in [2.24, 2.45) is 5.92 Å². The molecule has 1 N–H and O–H groups in total. The van der Waals surface area contributed by atoms with Crippen molar-refractivity contribution in [1.82, 2.24) is 10.2 Å². The lowest BCUT2D eigenvalue weighted by Crippen LogP contribution is -2.44. The molecule has 24 heavy (non-hydrogen) atoms. The molecule has 0 spiro atoms. The first-order valence-corrected chi connectivity index (χ1v) is 8.25. The van der Waals surface area contributed by atoms with Crippen LogP contribution in [0.4, 0.5) is 0 Å². The molecular formula is C20H48N2O2. The van der Waals surface area contributed by atoms with Crippen LogP contribution in [0.3, 0.4) is 0 Å². The van der Waals surface area contributed by atoms with Crippen molar-refractivity contribution in [3.8, 4) is 0 Å². The fourth-order valence-corrected chi connectivity index (χ4v) is 1.94. The third-order valence-electron chi connectivity index (χ3n) is 2.65. The summed E-state index contributed by atoms with van der Waals surface area (Å²) in [6, 6.07) is -0.298. The Balaban J connectivity index is -0.0000000811. The van der Waals surface area contributed by atoms with Gasteiger partial charge in [-0.1, -0.05) is 76.8 Å². The van der Waals surface area contributed by atoms with E-state index in [1.54, 1.807) is 24.9 Å². The normalized spacial score (nSPS) is 17.0. The Morgan fingerprint density at radius 1 is 1.00 bits per heavy atom. The largest absolute Gasteiger partial charge is 0.357 e. The highest BCUT2D eigenvalue weighted by atomic mass is 16.2. The van der Waals surface area contributed by atoms with Crippen LogP contribution in [0.1, 0.15) is 84.1 Å². The van der Waals surface area contributed by atoms with Crippen LogP contribution in [0.25, 0.3) is 0 Å². The van der Waals surface area contributed by atoms with Crippen molar-refractivity contribution in [2.75, 3.05) is 13.6 Å². The fraction of sp³-hybridized carbons (Fsp3) is 0.800. The van der Waals surface area contributed by atoms with Crippen LogP contribution in [0.2, 0.25) is 0 Å². The number of hydrogen-bond acceptors (Lipinski definition) is 2. The van der Waals surface area contributed by atoms with Crippen LogP contribution >= 0.6 is 0 Å². The van der Waals surface area contributed by atoms with E-state index in [9.17, 15) is 9.59 Å². The molecule has 1 aliphatic heterocycles. The van der Waals surface area contributed by atoms with Crippen LogP contribution in [0.5, 0.6) is 0 Å². The number of nitrogens with one attached hydrogen (secondary N) is 1. The maximum atomic E-state index is 11.7. The van der Waals surface area contributed by atoms with E-state index in [2.05, 4.69) is 12.2 Å². The van der Waals surface area contributed by atoms with Gasteiger partial charge in [0.1, 0.15) is 6.04 Å². The quantitative estimate of drug-likeness (QED) is 0.667. The van der Waals surface area contributed by atoms with Gasteiger partial charge in [-0.05, 0) is 25.3 Å². The molecule has 0 radical (unpaired) electrons. The smallest absolute Gasteiger partial charge is 0.246 e. The number of likely N-dealkylation sites (N-methyl/N-ethyl adjacent to an activating group) is 1. The van der Waals surface area contributed by atoms with Gasteiger partial charge < -0.3 is 10.2 Å². The van der Waals surface area contributed by atoms with E-state index in [4.69, 9.17) is 0 Å². The van der Waals surface area contributed by atoms with Crippen molar-refractivity contribution in [3.63, 3.8) is 0 Å². The number of carbonyl (C=O) groups is 2. The standard InChI is InChI=1S/C11H18N2O2.3C2H6.3CH4/c1-4-5-10(14)13-7-8(2)6-9(13)11(15)12-3;3*1-2;;;/h4-5,8-9H,6-7H2,1-3H3,(H,12,15);3*1-2H3;3*1H4/b5-4+;;;;;;/t8-,9-;;;;;;/m0....../s1. The highest BCUT2D eigenvalue weighted by Gasteiger charge is 2.36. The van der Waals surface area contributed by atoms with Gasteiger partial charge >= 0.3 is 0 Å². The molecule has 4 heteroatoms. The Hall–Kier alpha value is -1.32. The number of allylic oxidation sites excluding steroid dienone is 1. The molecule has 1 fully saturated rings. The van der Waals surface area contributed by atoms with Gasteiger partial charge in [-0.2, -0.15) is 0 Å². The number of likely N-dealkylation sites (tertiary alicyclic amines) is 1. The average Bonchev–Trinajstić information content (AvgIpc) is 2.95. The summed E-state index contributed by atoms with van der Waals surface area (Å²) in [5.41, 5.74) is 0. The topological polar surface area (TPSA) is 49.4 Å². The van der Waals surface area contributed by atoms with Crippen molar-refractivity contribution in [3.05, 3.63) is 12.2 Å². The molecule has 1 saturated heterocycles. The molecule has 0 bridgehead atoms. The second kappa shape index (κ2) is 26.6. The summed E-state index contributed by atoms with van der Waals surface area (Å²) in [5, 5.41) is 2.60. The van der Waals surface area contributed by atoms with Crippen molar-refractivity contribution < 1.29 is 9.59 Å². The predicted octanol–water partition coefficient (Wildman–Crippen LogP) is 5.53. The van der Waals surface area contributed by atoms with E-state index in [1.807, 2.05) is 41.5 Å². The van der Waals surface area contributed by atoms with E-state index in [-0.39, 0.29) is 40.1 Å². The second-order valence-electron chi connectivity index (χ2n) is 3.96. The zero-order chi connectivity index (χ0) is 17.4. The molecule has 0 aromatic rings. The van der Waals surface area contributed by atoms with Crippen molar-refractivity contribution >= 4 is 11.8 Å². The minimum absolute atomic E-state index is 0. The van der Waals surface area contributed by atoms with Gasteiger partial charge in [0.25, 0.3) is 0 Å². The first-order valence-electron chi connectivity index (χ1n) is 8.25. The Bertz CT molecular complexity index is 289. The summed E-state index contributed by atoms with van der Waals surface area (Å²) in [5.74, 6) is 0.245. The van der Waals surface area contributed by atoms with E-state index >= 15 is 0 Å². The van der Waals surface area contributed by atoms with Crippen LogP contribution in [0.15, 0.2) is 12.2 Å². The van der Waals surface area contributed by atoms with Gasteiger partial charge in [0.05, 0.1) is 0 Å². The lowest BCUT2D eigenvalue weighted by atomic mass is 10.1. The molecule has 2 atom stereocenters. The zero-order valence-corrected chi connectivity index (χ0v) is 15.5. The van der Waals surface area contributed by atoms with Gasteiger partial charge in [0, 0.05) is 13.6 Å². The van der Waals surface area contributed by atoms with Gasteiger partial charge in [-0.15, -0.1) is 0 Å². The van der Waals surface area contributed by atoms with E-state index < -0.39 is 0 Å². The molecular weight excluding hydrogens is 300 g/mol. The highest BCUT2D eigenvalue weighted by Crippen LogP contribution is 2.23. The van der Waals surface area contributed by atoms with Crippen LogP contribution in [0, 0.1) is 5.92 Å². The maximum absolute atomic E-state index is 11.7. The number of nitrogens with zero attached hydrogens (tertiary/aromatic N) is 1. The summed E-state index contributed by atoms with van der Waals surface area (Å²) in [7, 11) is 1.60. The minimum atomic E-state index is -0.298. The second-order valence-corrected chi connectivity index (χ2v) is 3.96. The molecule has 1 heterocycles. The average molecular weight is 349 g/mol. The molecule has 2 amide bonds. The van der Waals surface area contributed by atoms with Gasteiger partial charge in [-0.25, -0.2) is 0 Å². The zero-order valence-electron chi connectivity index (χ0n) is 15.5. The van der Waals surface area contributed by atoms with E-state index in [0.717, 1.165) is 6.42 Å². The molecule has 1 aliphatic rings. The van der Waals surface area contributed by atoms with E-state index in [1.165, 1.54) is 6.08 Å². The molecule has 0 aliphatic carbocycles. The first-order chi connectivity index (χ1) is 10.1. The Labute approximate surface area is 154 Å². The maximum Gasteiger partial charge on any atom is 0.246 e. The monoisotopic (exact) mass is 348 g/mol. The minimum Gasteiger partial charge on any atom is -0.357 e. The summed E-state index contributed by atoms with van der Waals surface area (Å²) in [6.07, 6.45) is 3.96. The van der Waals surface area contributed by atoms with Gasteiger partial charge in [0.15, 0.2) is 0 Å². The predicted molar refractivity (Wildman–Crippen MR) is 112 cm³/mol. The van der Waals surface area contributed by atoms with Gasteiger partial charge in [0.2, 0.25) is 11.8 Å². The van der Waals surface area contributed by atoms with Gasteiger partial charge in [-0.3, -0.25) is 9.59 Å². The molecule has 150 valence electrons. The van der Waals surface area contributed by atoms with Crippen LogP contribution < -0.4 is 5.32 Å². The number of carbonyl (C=O) groups excluding carboxylic acids is 2. The first kappa shape index (κ1) is 38.3. The van der Waals surface area contributed by atoms with Crippen molar-refractivity contribution in [2.45, 2.75) is 90.1 Å². The summed E-state index contributed by atoms with van der Waals surface area (Å²) >= 11 is 0. The van der Waals surface area contributed by atoms with Crippen LogP contribution in [-0.4, -0.2) is 36.3 Å². The number of hydrogen-bond donors (Lipinski definition) is 1. The van der Waals surface area contributed by atoms with Crippen LogP contribution in [-0.2, 0) is 9.59 Å². The molecule has 0 aromatic heterocycles. The molecule has 0 aromatic carbocycles. The molecule has 0 unspecified atom stereocenters. The van der Waals surface area contributed by atoms with Crippen molar-refractivity contribution in [1.29, 1.82) is 0 Å². The Kier molecular flexibility index (Phi) is 42.4. The fourth-order valence-electron chi connectivity index (χ4n) is 1.94. The lowest BCUT2D eigenvalue weighted by Gasteiger charge is -2.21. The molecule has 0 saturated carbocycles. The Morgan fingerprint density at radius 2 is 1.42 bits per heavy atom. The molecule has 4 nitrogen and oxygen atoms in total. The molecule has 1 rings (SSSR count). The summed E-state index contributed by atoms with van der Waals surface area (Å²) in [6.45, 7) is 16.5. The summed E-state index contributed by atoms with van der Waals surface area (Å²) < 4.78 is 0. The van der Waals surface area contributed by atoms with E-state index in [0.29, 0.717) is 12.5 Å². The third kappa shape index (κ3) is 14.3. The number of rotatable bonds is 2. The highest BCUT2D eigenvalue weighted by molar-refractivity contribution is 5.93. The lowest BCUT2D eigenvalue weighted by molar-refractivity contribution is -0.134.